The third-order valence-corrected chi connectivity index (χ3v) is 4.95. The normalized spacial score (nSPS) is 12.6. The van der Waals surface area contributed by atoms with Crippen LogP contribution in [0.15, 0.2) is 49.2 Å². The maximum absolute atomic E-state index is 4.36. The number of aryl methyl sites for hydroxylation is 2. The Hall–Kier alpha value is -3.00. The highest BCUT2D eigenvalue weighted by Crippen LogP contribution is 2.24. The molecule has 0 bridgehead atoms. The van der Waals surface area contributed by atoms with Crippen LogP contribution in [0.25, 0.3) is 10.9 Å². The van der Waals surface area contributed by atoms with E-state index in [0.29, 0.717) is 0 Å². The van der Waals surface area contributed by atoms with Crippen molar-refractivity contribution in [2.75, 3.05) is 6.54 Å². The van der Waals surface area contributed by atoms with Crippen LogP contribution in [0.1, 0.15) is 43.6 Å². The number of aromatic amines is 1. The Bertz CT molecular complexity index is 985. The minimum atomic E-state index is -0.0473. The molecule has 3 aromatic heterocycles. The maximum Gasteiger partial charge on any atom is 0.172 e. The van der Waals surface area contributed by atoms with Gasteiger partial charge in [0.15, 0.2) is 5.82 Å². The molecule has 8 heteroatoms. The first-order valence-corrected chi connectivity index (χ1v) is 9.87. The summed E-state index contributed by atoms with van der Waals surface area (Å²) in [4.78, 5) is 7.35. The third-order valence-electron chi connectivity index (χ3n) is 4.95. The number of benzene rings is 1. The Labute approximate surface area is 164 Å². The van der Waals surface area contributed by atoms with E-state index < -0.39 is 0 Å². The van der Waals surface area contributed by atoms with E-state index in [1.807, 2.05) is 29.6 Å². The molecule has 0 amide bonds. The van der Waals surface area contributed by atoms with E-state index in [1.165, 1.54) is 10.9 Å². The fraction of sp³-hybridized carbons (Fsp3) is 0.400. The van der Waals surface area contributed by atoms with Gasteiger partial charge in [-0.3, -0.25) is 0 Å². The Morgan fingerprint density at radius 2 is 2.14 bits per heavy atom. The summed E-state index contributed by atoms with van der Waals surface area (Å²) < 4.78 is 4.02. The fourth-order valence-corrected chi connectivity index (χ4v) is 3.42. The van der Waals surface area contributed by atoms with E-state index in [-0.39, 0.29) is 6.04 Å². The maximum atomic E-state index is 4.36. The first-order chi connectivity index (χ1) is 13.8. The highest BCUT2D eigenvalue weighted by atomic mass is 15.5. The first-order valence-electron chi connectivity index (χ1n) is 9.87. The van der Waals surface area contributed by atoms with Crippen LogP contribution >= 0.6 is 0 Å². The largest absolute Gasteiger partial charge is 0.361 e. The summed E-state index contributed by atoms with van der Waals surface area (Å²) in [6.07, 6.45) is 10.8. The van der Waals surface area contributed by atoms with Crippen molar-refractivity contribution >= 4 is 10.9 Å². The van der Waals surface area contributed by atoms with Gasteiger partial charge < -0.3 is 14.9 Å². The average molecular weight is 378 g/mol. The van der Waals surface area contributed by atoms with E-state index >= 15 is 0 Å². The van der Waals surface area contributed by atoms with Crippen LogP contribution in [0.2, 0.25) is 0 Å². The molecule has 0 saturated heterocycles. The minimum absolute atomic E-state index is 0.0473. The van der Waals surface area contributed by atoms with Crippen molar-refractivity contribution < 1.29 is 0 Å². The number of nitrogens with zero attached hydrogens (tertiary/aromatic N) is 6. The second kappa shape index (κ2) is 8.79. The lowest BCUT2D eigenvalue weighted by atomic mass is 10.0. The minimum Gasteiger partial charge on any atom is -0.361 e. The van der Waals surface area contributed by atoms with Crippen LogP contribution in [0.3, 0.4) is 0 Å². The SMILES string of the molecule is CCCCn1nnnc1C(NCCCn1ccnc1)c1ccc2[nH]ccc2c1. The Morgan fingerprint density at radius 1 is 1.18 bits per heavy atom. The standard InChI is InChI=1S/C20H26N8/c1-2-3-12-28-20(24-25-26-28)19(23-8-4-11-27-13-10-21-15-27)17-5-6-18-16(14-17)7-9-22-18/h5-7,9-10,13-15,19,22-23H,2-4,8,11-12H2,1H3. The van der Waals surface area contributed by atoms with Crippen LogP contribution in [0.4, 0.5) is 0 Å². The van der Waals surface area contributed by atoms with Crippen molar-refractivity contribution in [1.82, 2.24) is 40.1 Å². The molecule has 4 aromatic rings. The van der Waals surface area contributed by atoms with E-state index in [0.717, 1.165) is 50.2 Å². The molecule has 8 nitrogen and oxygen atoms in total. The molecule has 0 radical (unpaired) electrons. The number of aromatic nitrogens is 7. The van der Waals surface area contributed by atoms with E-state index in [4.69, 9.17) is 0 Å². The third kappa shape index (κ3) is 4.12. The summed E-state index contributed by atoms with van der Waals surface area (Å²) in [7, 11) is 0. The molecular weight excluding hydrogens is 352 g/mol. The molecule has 0 aliphatic rings. The molecule has 0 spiro atoms. The summed E-state index contributed by atoms with van der Waals surface area (Å²) in [6, 6.07) is 8.51. The number of hydrogen-bond acceptors (Lipinski definition) is 5. The number of nitrogens with one attached hydrogen (secondary N) is 2. The molecule has 146 valence electrons. The van der Waals surface area contributed by atoms with E-state index in [9.17, 15) is 0 Å². The topological polar surface area (TPSA) is 89.2 Å². The van der Waals surface area contributed by atoms with Gasteiger partial charge in [-0.05, 0) is 59.0 Å². The van der Waals surface area contributed by atoms with Crippen molar-refractivity contribution in [3.05, 3.63) is 60.6 Å². The van der Waals surface area contributed by atoms with Gasteiger partial charge in [-0.1, -0.05) is 19.4 Å². The predicted molar refractivity (Wildman–Crippen MR) is 108 cm³/mol. The van der Waals surface area contributed by atoms with Crippen LogP contribution in [0.5, 0.6) is 0 Å². The van der Waals surface area contributed by atoms with E-state index in [1.54, 1.807) is 0 Å². The van der Waals surface area contributed by atoms with Gasteiger partial charge in [0.2, 0.25) is 0 Å². The summed E-state index contributed by atoms with van der Waals surface area (Å²) >= 11 is 0. The van der Waals surface area contributed by atoms with E-state index in [2.05, 4.69) is 66.6 Å². The van der Waals surface area contributed by atoms with Crippen molar-refractivity contribution in [3.8, 4) is 0 Å². The zero-order valence-electron chi connectivity index (χ0n) is 16.1. The molecule has 1 atom stereocenters. The Balaban J connectivity index is 1.54. The van der Waals surface area contributed by atoms with Gasteiger partial charge in [-0.2, -0.15) is 0 Å². The first kappa shape index (κ1) is 18.4. The zero-order chi connectivity index (χ0) is 19.2. The quantitative estimate of drug-likeness (QED) is 0.414. The number of H-pyrrole nitrogens is 1. The van der Waals surface area contributed by atoms with Crippen LogP contribution in [-0.2, 0) is 13.1 Å². The summed E-state index contributed by atoms with van der Waals surface area (Å²) in [5.41, 5.74) is 2.30. The van der Waals surface area contributed by atoms with Gasteiger partial charge >= 0.3 is 0 Å². The van der Waals surface area contributed by atoms with Crippen LogP contribution < -0.4 is 5.32 Å². The second-order valence-corrected chi connectivity index (χ2v) is 6.98. The van der Waals surface area contributed by atoms with Gasteiger partial charge in [0, 0.05) is 37.2 Å². The number of fused-ring (bicyclic) bond motifs is 1. The van der Waals surface area contributed by atoms with Gasteiger partial charge in [-0.25, -0.2) is 9.67 Å². The molecule has 4 rings (SSSR count). The van der Waals surface area contributed by atoms with Gasteiger partial charge in [0.25, 0.3) is 0 Å². The molecule has 1 unspecified atom stereocenters. The number of unbranched alkanes of at least 4 members (excludes halogenated alkanes) is 1. The lowest BCUT2D eigenvalue weighted by Crippen LogP contribution is -2.27. The van der Waals surface area contributed by atoms with Crippen molar-refractivity contribution in [1.29, 1.82) is 0 Å². The Kier molecular flexibility index (Phi) is 5.77. The summed E-state index contributed by atoms with van der Waals surface area (Å²) in [6.45, 7) is 4.79. The van der Waals surface area contributed by atoms with Crippen LogP contribution in [-0.4, -0.2) is 41.3 Å². The van der Waals surface area contributed by atoms with Crippen LogP contribution in [0, 0.1) is 0 Å². The average Bonchev–Trinajstić information content (AvgIpc) is 3.47. The van der Waals surface area contributed by atoms with Gasteiger partial charge in [0.05, 0.1) is 12.4 Å². The molecule has 2 N–H and O–H groups in total. The van der Waals surface area contributed by atoms with Gasteiger partial charge in [-0.15, -0.1) is 5.10 Å². The number of tetrazole rings is 1. The highest BCUT2D eigenvalue weighted by molar-refractivity contribution is 5.80. The predicted octanol–water partition coefficient (Wildman–Crippen LogP) is 2.92. The molecule has 0 saturated carbocycles. The monoisotopic (exact) mass is 378 g/mol. The second-order valence-electron chi connectivity index (χ2n) is 6.98. The molecule has 1 aromatic carbocycles. The summed E-state index contributed by atoms with van der Waals surface area (Å²) in [5.74, 6) is 0.867. The lowest BCUT2D eigenvalue weighted by Gasteiger charge is -2.19. The Morgan fingerprint density at radius 3 is 3.00 bits per heavy atom. The number of hydrogen-bond donors (Lipinski definition) is 2. The number of imidazole rings is 1. The summed E-state index contributed by atoms with van der Waals surface area (Å²) in [5, 5.41) is 17.4. The lowest BCUT2D eigenvalue weighted by molar-refractivity contribution is 0.478. The zero-order valence-corrected chi connectivity index (χ0v) is 16.1. The number of rotatable bonds is 10. The molecule has 0 fully saturated rings. The molecule has 0 aliphatic heterocycles. The van der Waals surface area contributed by atoms with Crippen molar-refractivity contribution in [2.24, 2.45) is 0 Å². The fourth-order valence-electron chi connectivity index (χ4n) is 3.42. The van der Waals surface area contributed by atoms with Gasteiger partial charge in [0.1, 0.15) is 0 Å². The molecule has 0 aliphatic carbocycles. The van der Waals surface area contributed by atoms with Crippen molar-refractivity contribution in [3.63, 3.8) is 0 Å². The molecule has 3 heterocycles. The highest BCUT2D eigenvalue weighted by Gasteiger charge is 2.21. The molecule has 28 heavy (non-hydrogen) atoms. The smallest absolute Gasteiger partial charge is 0.172 e. The molecular formula is C20H26N8. The van der Waals surface area contributed by atoms with Crippen molar-refractivity contribution in [2.45, 2.75) is 45.3 Å².